The molecule has 8 nitrogen and oxygen atoms in total. The summed E-state index contributed by atoms with van der Waals surface area (Å²) in [4.78, 5) is 30.2. The fourth-order valence-corrected chi connectivity index (χ4v) is 5.30. The van der Waals surface area contributed by atoms with E-state index in [0.29, 0.717) is 49.9 Å². The number of sulfone groups is 1. The Morgan fingerprint density at radius 1 is 1.19 bits per heavy atom. The second-order valence-electron chi connectivity index (χ2n) is 8.24. The SMILES string of the molecule is CCOC(=O)N1CCC(CC(=O)CS(=O)(=O)Cc2nc(-c3ccccc3C)oc2C)CC1. The molecule has 0 aliphatic carbocycles. The second-order valence-corrected chi connectivity index (χ2v) is 10.3. The molecule has 0 unspecified atom stereocenters. The van der Waals surface area contributed by atoms with Gasteiger partial charge in [0.1, 0.15) is 17.3 Å². The molecule has 0 spiro atoms. The number of likely N-dealkylation sites (tertiary alicyclic amines) is 1. The number of rotatable bonds is 8. The van der Waals surface area contributed by atoms with Crippen LogP contribution in [0.2, 0.25) is 0 Å². The Morgan fingerprint density at radius 2 is 1.88 bits per heavy atom. The molecule has 1 aliphatic rings. The van der Waals surface area contributed by atoms with Gasteiger partial charge in [-0.25, -0.2) is 18.2 Å². The number of aromatic nitrogens is 1. The minimum absolute atomic E-state index is 0.0739. The highest BCUT2D eigenvalue weighted by Crippen LogP contribution is 2.26. The molecular weight excluding hydrogens is 432 g/mol. The van der Waals surface area contributed by atoms with Crippen LogP contribution in [0.15, 0.2) is 28.7 Å². The monoisotopic (exact) mass is 462 g/mol. The van der Waals surface area contributed by atoms with Crippen molar-refractivity contribution in [2.75, 3.05) is 25.4 Å². The number of hydrogen-bond donors (Lipinski definition) is 0. The zero-order chi connectivity index (χ0) is 23.3. The topological polar surface area (TPSA) is 107 Å². The lowest BCUT2D eigenvalue weighted by Crippen LogP contribution is -2.39. The van der Waals surface area contributed by atoms with Crippen molar-refractivity contribution in [3.8, 4) is 11.5 Å². The number of amides is 1. The number of ketones is 1. The highest BCUT2D eigenvalue weighted by Gasteiger charge is 2.27. The van der Waals surface area contributed by atoms with Crippen molar-refractivity contribution in [1.29, 1.82) is 0 Å². The van der Waals surface area contributed by atoms with Crippen LogP contribution in [-0.2, 0) is 25.1 Å². The molecule has 1 saturated heterocycles. The van der Waals surface area contributed by atoms with Crippen molar-refractivity contribution in [2.45, 2.75) is 45.8 Å². The number of piperidine rings is 1. The summed E-state index contributed by atoms with van der Waals surface area (Å²) in [6, 6.07) is 7.58. The van der Waals surface area contributed by atoms with E-state index in [1.165, 1.54) is 0 Å². The lowest BCUT2D eigenvalue weighted by Gasteiger charge is -2.30. The van der Waals surface area contributed by atoms with Gasteiger partial charge in [-0.3, -0.25) is 4.79 Å². The number of ether oxygens (including phenoxy) is 1. The van der Waals surface area contributed by atoms with Crippen molar-refractivity contribution < 1.29 is 27.2 Å². The average Bonchev–Trinajstić information content (AvgIpc) is 3.07. The Morgan fingerprint density at radius 3 is 2.53 bits per heavy atom. The summed E-state index contributed by atoms with van der Waals surface area (Å²) in [5.74, 6) is -0.265. The number of aryl methyl sites for hydroxylation is 2. The molecule has 1 aliphatic heterocycles. The number of Topliss-reactive ketones (excluding diaryl/α,β-unsaturated/α-hetero) is 1. The summed E-state index contributed by atoms with van der Waals surface area (Å²) >= 11 is 0. The molecule has 9 heteroatoms. The van der Waals surface area contributed by atoms with Crippen molar-refractivity contribution in [2.24, 2.45) is 5.92 Å². The van der Waals surface area contributed by atoms with Gasteiger partial charge in [0.15, 0.2) is 9.84 Å². The minimum Gasteiger partial charge on any atom is -0.450 e. The van der Waals surface area contributed by atoms with E-state index in [1.54, 1.807) is 18.7 Å². The Kier molecular flexibility index (Phi) is 7.71. The fourth-order valence-electron chi connectivity index (χ4n) is 3.91. The van der Waals surface area contributed by atoms with Crippen molar-refractivity contribution in [1.82, 2.24) is 9.88 Å². The van der Waals surface area contributed by atoms with Crippen LogP contribution >= 0.6 is 0 Å². The zero-order valence-corrected chi connectivity index (χ0v) is 19.6. The summed E-state index contributed by atoms with van der Waals surface area (Å²) < 4.78 is 36.0. The normalized spacial score (nSPS) is 15.0. The van der Waals surface area contributed by atoms with Gasteiger partial charge in [-0.05, 0) is 51.2 Å². The molecule has 174 valence electrons. The molecule has 0 saturated carbocycles. The van der Waals surface area contributed by atoms with Crippen LogP contribution in [0.5, 0.6) is 0 Å². The van der Waals surface area contributed by atoms with Crippen LogP contribution in [0, 0.1) is 19.8 Å². The van der Waals surface area contributed by atoms with Crippen molar-refractivity contribution in [3.05, 3.63) is 41.3 Å². The number of nitrogens with zero attached hydrogens (tertiary/aromatic N) is 2. The van der Waals surface area contributed by atoms with E-state index in [1.807, 2.05) is 31.2 Å². The third kappa shape index (κ3) is 6.18. The van der Waals surface area contributed by atoms with E-state index >= 15 is 0 Å². The largest absolute Gasteiger partial charge is 0.450 e. The number of hydrogen-bond acceptors (Lipinski definition) is 7. The molecule has 1 aromatic heterocycles. The number of carbonyl (C=O) groups excluding carboxylic acids is 2. The average molecular weight is 463 g/mol. The van der Waals surface area contributed by atoms with E-state index in [0.717, 1.165) is 11.1 Å². The second kappa shape index (κ2) is 10.3. The molecule has 0 atom stereocenters. The smallest absolute Gasteiger partial charge is 0.409 e. The maximum Gasteiger partial charge on any atom is 0.409 e. The summed E-state index contributed by atoms with van der Waals surface area (Å²) in [5, 5.41) is 0. The molecule has 0 radical (unpaired) electrons. The van der Waals surface area contributed by atoms with Crippen LogP contribution in [0.25, 0.3) is 11.5 Å². The number of carbonyl (C=O) groups is 2. The van der Waals surface area contributed by atoms with Gasteiger partial charge in [-0.15, -0.1) is 0 Å². The maximum atomic E-state index is 12.7. The summed E-state index contributed by atoms with van der Waals surface area (Å²) in [6.07, 6.45) is 1.18. The first-order valence-electron chi connectivity index (χ1n) is 10.8. The number of oxazole rings is 1. The molecule has 1 amide bonds. The van der Waals surface area contributed by atoms with E-state index in [-0.39, 0.29) is 30.0 Å². The maximum absolute atomic E-state index is 12.7. The van der Waals surface area contributed by atoms with E-state index in [9.17, 15) is 18.0 Å². The first-order chi connectivity index (χ1) is 15.2. The Balaban J connectivity index is 1.55. The quantitative estimate of drug-likeness (QED) is 0.589. The molecular formula is C23H30N2O6S. The van der Waals surface area contributed by atoms with Crippen LogP contribution in [0.3, 0.4) is 0 Å². The van der Waals surface area contributed by atoms with Crippen LogP contribution < -0.4 is 0 Å². The zero-order valence-electron chi connectivity index (χ0n) is 18.8. The van der Waals surface area contributed by atoms with Gasteiger partial charge in [0, 0.05) is 25.1 Å². The third-order valence-corrected chi connectivity index (χ3v) is 7.14. The van der Waals surface area contributed by atoms with Gasteiger partial charge in [0.05, 0.1) is 18.1 Å². The Labute approximate surface area is 188 Å². The molecule has 2 aromatic rings. The molecule has 2 heterocycles. The predicted octanol–water partition coefficient (Wildman–Crippen LogP) is 3.70. The van der Waals surface area contributed by atoms with Crippen LogP contribution in [0.4, 0.5) is 4.79 Å². The van der Waals surface area contributed by atoms with Gasteiger partial charge in [-0.2, -0.15) is 0 Å². The first kappa shape index (κ1) is 24.0. The highest BCUT2D eigenvalue weighted by molar-refractivity contribution is 7.91. The summed E-state index contributed by atoms with van der Waals surface area (Å²) in [7, 11) is -3.67. The van der Waals surface area contributed by atoms with Gasteiger partial charge < -0.3 is 14.1 Å². The predicted molar refractivity (Wildman–Crippen MR) is 120 cm³/mol. The number of benzene rings is 1. The highest BCUT2D eigenvalue weighted by atomic mass is 32.2. The lowest BCUT2D eigenvalue weighted by molar-refractivity contribution is -0.117. The molecule has 0 N–H and O–H groups in total. The molecule has 0 bridgehead atoms. The molecule has 1 fully saturated rings. The third-order valence-electron chi connectivity index (χ3n) is 5.66. The van der Waals surface area contributed by atoms with Gasteiger partial charge >= 0.3 is 6.09 Å². The van der Waals surface area contributed by atoms with Crippen LogP contribution in [0.1, 0.15) is 43.2 Å². The van der Waals surface area contributed by atoms with Crippen molar-refractivity contribution in [3.63, 3.8) is 0 Å². The lowest BCUT2D eigenvalue weighted by atomic mass is 9.92. The summed E-state index contributed by atoms with van der Waals surface area (Å²) in [5.41, 5.74) is 2.12. The van der Waals surface area contributed by atoms with Crippen molar-refractivity contribution >= 4 is 21.7 Å². The Hall–Kier alpha value is -2.68. The first-order valence-corrected chi connectivity index (χ1v) is 12.7. The molecule has 32 heavy (non-hydrogen) atoms. The van der Waals surface area contributed by atoms with Gasteiger partial charge in [0.2, 0.25) is 5.89 Å². The van der Waals surface area contributed by atoms with E-state index in [2.05, 4.69) is 4.98 Å². The van der Waals surface area contributed by atoms with Gasteiger partial charge in [0.25, 0.3) is 0 Å². The summed E-state index contributed by atoms with van der Waals surface area (Å²) in [6.45, 7) is 6.73. The van der Waals surface area contributed by atoms with Gasteiger partial charge in [-0.1, -0.05) is 18.2 Å². The molecule has 1 aromatic carbocycles. The van der Waals surface area contributed by atoms with Crippen LogP contribution in [-0.4, -0.2) is 55.6 Å². The fraction of sp³-hybridized carbons (Fsp3) is 0.522. The standard InChI is InChI=1S/C23H30N2O6S/c1-4-30-23(27)25-11-9-18(10-12-25)13-19(26)14-32(28,29)15-21-17(3)31-22(24-21)20-8-6-5-7-16(20)2/h5-8,18H,4,9-15H2,1-3H3. The molecule has 3 rings (SSSR count). The van der Waals surface area contributed by atoms with E-state index in [4.69, 9.17) is 9.15 Å². The Bertz CT molecular complexity index is 1070. The van der Waals surface area contributed by atoms with E-state index < -0.39 is 15.6 Å². The minimum atomic E-state index is -3.67.